The lowest BCUT2D eigenvalue weighted by atomic mass is 9.59. The Labute approximate surface area is 219 Å². The molecule has 6 rings (SSSR count). The number of rotatable bonds is 7. The molecule has 3 aromatic rings. The number of hydrogen-bond acceptors (Lipinski definition) is 3. The number of amides is 1. The van der Waals surface area contributed by atoms with Crippen molar-refractivity contribution in [2.24, 2.45) is 11.8 Å². The van der Waals surface area contributed by atoms with Crippen LogP contribution in [0.25, 0.3) is 11.1 Å². The van der Waals surface area contributed by atoms with Crippen molar-refractivity contribution in [2.45, 2.75) is 57.4 Å². The molecular weight excluding hydrogens is 458 g/mol. The molecule has 0 spiro atoms. The van der Waals surface area contributed by atoms with Crippen LogP contribution >= 0.6 is 0 Å². The second-order valence-corrected chi connectivity index (χ2v) is 11.7. The van der Waals surface area contributed by atoms with E-state index < -0.39 is 0 Å². The van der Waals surface area contributed by atoms with Crippen LogP contribution in [0.3, 0.4) is 0 Å². The number of carbonyl (C=O) groups excluding carboxylic acids is 1. The Balaban J connectivity index is 1.09. The first-order valence-electron chi connectivity index (χ1n) is 13.8. The van der Waals surface area contributed by atoms with Crippen LogP contribution in [0.15, 0.2) is 65.6 Å². The molecule has 1 saturated heterocycles. The van der Waals surface area contributed by atoms with E-state index in [1.54, 1.807) is 6.20 Å². The van der Waals surface area contributed by atoms with E-state index in [0.717, 1.165) is 35.4 Å². The summed E-state index contributed by atoms with van der Waals surface area (Å²) in [6.07, 6.45) is 7.60. The van der Waals surface area contributed by atoms with Crippen molar-refractivity contribution >= 4 is 5.91 Å². The molecule has 1 aromatic heterocycles. The number of nitrogens with one attached hydrogen (secondary N) is 2. The number of H-pyrrole nitrogens is 1. The Hall–Kier alpha value is -3.18. The lowest BCUT2D eigenvalue weighted by Gasteiger charge is -2.55. The molecule has 3 aliphatic rings. The summed E-state index contributed by atoms with van der Waals surface area (Å²) < 4.78 is 0. The van der Waals surface area contributed by atoms with E-state index in [2.05, 4.69) is 65.4 Å². The highest BCUT2D eigenvalue weighted by atomic mass is 16.1. The molecule has 2 heterocycles. The van der Waals surface area contributed by atoms with Gasteiger partial charge in [-0.05, 0) is 102 Å². The van der Waals surface area contributed by atoms with E-state index in [-0.39, 0.29) is 16.9 Å². The summed E-state index contributed by atoms with van der Waals surface area (Å²) in [7, 11) is 0. The summed E-state index contributed by atoms with van der Waals surface area (Å²) in [5, 5.41) is 3.13. The van der Waals surface area contributed by atoms with E-state index in [1.807, 2.05) is 12.1 Å². The van der Waals surface area contributed by atoms with Gasteiger partial charge in [-0.15, -0.1) is 0 Å². The molecule has 2 aliphatic carbocycles. The number of aromatic amines is 1. The minimum absolute atomic E-state index is 0.0113. The molecule has 5 heteroatoms. The summed E-state index contributed by atoms with van der Waals surface area (Å²) >= 11 is 0. The maximum Gasteiger partial charge on any atom is 0.251 e. The van der Waals surface area contributed by atoms with Gasteiger partial charge in [-0.25, -0.2) is 0 Å². The number of carbonyl (C=O) groups is 1. The van der Waals surface area contributed by atoms with Crippen LogP contribution < -0.4 is 10.9 Å². The fraction of sp³-hybridized carbons (Fsp3) is 0.438. The van der Waals surface area contributed by atoms with Gasteiger partial charge in [0.25, 0.3) is 5.91 Å². The lowest BCUT2D eigenvalue weighted by Crippen LogP contribution is -2.58. The lowest BCUT2D eigenvalue weighted by molar-refractivity contribution is 0.0284. The zero-order valence-electron chi connectivity index (χ0n) is 21.9. The number of pyridine rings is 1. The van der Waals surface area contributed by atoms with Gasteiger partial charge in [-0.3, -0.25) is 14.5 Å². The predicted molar refractivity (Wildman–Crippen MR) is 148 cm³/mol. The van der Waals surface area contributed by atoms with Crippen LogP contribution in [0, 0.1) is 11.8 Å². The number of likely N-dealkylation sites (tertiary alicyclic amines) is 1. The van der Waals surface area contributed by atoms with Crippen LogP contribution in [0.2, 0.25) is 0 Å². The molecule has 1 amide bonds. The molecule has 2 fully saturated rings. The third kappa shape index (κ3) is 4.77. The monoisotopic (exact) mass is 495 g/mol. The van der Waals surface area contributed by atoms with Crippen LogP contribution in [-0.4, -0.2) is 41.5 Å². The molecule has 2 unspecified atom stereocenters. The molecule has 37 heavy (non-hydrogen) atoms. The van der Waals surface area contributed by atoms with Gasteiger partial charge in [-0.1, -0.05) is 44.2 Å². The van der Waals surface area contributed by atoms with E-state index in [4.69, 9.17) is 0 Å². The minimum Gasteiger partial charge on any atom is -0.352 e. The Morgan fingerprint density at radius 3 is 2.59 bits per heavy atom. The third-order valence-electron chi connectivity index (χ3n) is 9.35. The minimum atomic E-state index is -0.0999. The molecule has 0 radical (unpaired) electrons. The first-order chi connectivity index (χ1) is 17.9. The quantitative estimate of drug-likeness (QED) is 0.488. The Morgan fingerprint density at radius 1 is 1.08 bits per heavy atom. The van der Waals surface area contributed by atoms with Crippen LogP contribution in [0.5, 0.6) is 0 Å². The Kier molecular flexibility index (Phi) is 6.28. The summed E-state index contributed by atoms with van der Waals surface area (Å²) in [6, 6.07) is 18.7. The van der Waals surface area contributed by atoms with Crippen molar-refractivity contribution < 1.29 is 4.79 Å². The number of hydrogen-bond donors (Lipinski definition) is 2. The average Bonchev–Trinajstić information content (AvgIpc) is 3.73. The molecule has 3 atom stereocenters. The standard InChI is InChI=1S/C32H37N3O2/c1-21-29-18-25-9-10-26(17-28(25)32(21,2)14-16-35(29)20-23-3-4-23)31(37)33-15-13-22-5-7-24(8-6-22)27-11-12-30(36)34-19-27/h5-12,17,19,21,23,29H,3-4,13-16,18,20H2,1-2H3,(H,33,37)(H,34,36)/t21-,29?,32?/m0/s1. The fourth-order valence-corrected chi connectivity index (χ4v) is 6.58. The Bertz CT molecular complexity index is 1340. The normalized spacial score (nSPS) is 24.9. The number of piperidine rings is 1. The second-order valence-electron chi connectivity index (χ2n) is 11.7. The largest absolute Gasteiger partial charge is 0.352 e. The van der Waals surface area contributed by atoms with Gasteiger partial charge < -0.3 is 10.3 Å². The van der Waals surface area contributed by atoms with Crippen molar-refractivity contribution in [1.29, 1.82) is 0 Å². The first-order valence-corrected chi connectivity index (χ1v) is 13.8. The van der Waals surface area contributed by atoms with Crippen molar-refractivity contribution in [3.8, 4) is 11.1 Å². The molecule has 192 valence electrons. The van der Waals surface area contributed by atoms with Crippen LogP contribution in [0.1, 0.15) is 60.2 Å². The van der Waals surface area contributed by atoms with Crippen molar-refractivity contribution in [3.05, 3.63) is 93.4 Å². The molecular formula is C32H37N3O2. The zero-order chi connectivity index (χ0) is 25.6. The smallest absolute Gasteiger partial charge is 0.251 e. The van der Waals surface area contributed by atoms with Crippen LogP contribution in [-0.2, 0) is 18.3 Å². The number of fused-ring (bicyclic) bond motifs is 4. The zero-order valence-corrected chi connectivity index (χ0v) is 21.9. The van der Waals surface area contributed by atoms with E-state index in [9.17, 15) is 9.59 Å². The second kappa shape index (κ2) is 9.60. The summed E-state index contributed by atoms with van der Waals surface area (Å²) in [6.45, 7) is 7.91. The van der Waals surface area contributed by atoms with E-state index in [0.29, 0.717) is 18.5 Å². The highest BCUT2D eigenvalue weighted by Gasteiger charge is 2.49. The number of aromatic nitrogens is 1. The van der Waals surface area contributed by atoms with Crippen LogP contribution in [0.4, 0.5) is 0 Å². The maximum absolute atomic E-state index is 13.1. The van der Waals surface area contributed by atoms with Crippen molar-refractivity contribution in [2.75, 3.05) is 19.6 Å². The van der Waals surface area contributed by atoms with Gasteiger partial charge in [0, 0.05) is 37.0 Å². The maximum atomic E-state index is 13.1. The topological polar surface area (TPSA) is 65.2 Å². The third-order valence-corrected chi connectivity index (χ3v) is 9.35. The van der Waals surface area contributed by atoms with Gasteiger partial charge in [-0.2, -0.15) is 0 Å². The average molecular weight is 496 g/mol. The molecule has 2 bridgehead atoms. The molecule has 1 aliphatic heterocycles. The number of benzene rings is 2. The first kappa shape index (κ1) is 24.2. The van der Waals surface area contributed by atoms with Gasteiger partial charge in [0.1, 0.15) is 0 Å². The molecule has 1 saturated carbocycles. The van der Waals surface area contributed by atoms with Crippen molar-refractivity contribution in [3.63, 3.8) is 0 Å². The van der Waals surface area contributed by atoms with E-state index in [1.165, 1.54) is 55.1 Å². The number of nitrogens with zero attached hydrogens (tertiary/aromatic N) is 1. The van der Waals surface area contributed by atoms with Gasteiger partial charge in [0.05, 0.1) is 0 Å². The van der Waals surface area contributed by atoms with Gasteiger partial charge in [0.2, 0.25) is 5.56 Å². The fourth-order valence-electron chi connectivity index (χ4n) is 6.58. The summed E-state index contributed by atoms with van der Waals surface area (Å²) in [5.74, 6) is 1.54. The van der Waals surface area contributed by atoms with E-state index >= 15 is 0 Å². The Morgan fingerprint density at radius 2 is 1.86 bits per heavy atom. The summed E-state index contributed by atoms with van der Waals surface area (Å²) in [4.78, 5) is 29.8. The highest BCUT2D eigenvalue weighted by molar-refractivity contribution is 5.94. The predicted octanol–water partition coefficient (Wildman–Crippen LogP) is 4.95. The van der Waals surface area contributed by atoms with Gasteiger partial charge >= 0.3 is 0 Å². The summed E-state index contributed by atoms with van der Waals surface area (Å²) in [5.41, 5.74) is 6.86. The molecule has 2 N–H and O–H groups in total. The highest BCUT2D eigenvalue weighted by Crippen LogP contribution is 2.49. The van der Waals surface area contributed by atoms with Gasteiger partial charge in [0.15, 0.2) is 0 Å². The molecule has 5 nitrogen and oxygen atoms in total. The van der Waals surface area contributed by atoms with Crippen molar-refractivity contribution in [1.82, 2.24) is 15.2 Å². The molecule has 2 aromatic carbocycles. The SMILES string of the molecule is C[C@H]1C2Cc3ccc(C(=O)NCCc4ccc(-c5ccc(=O)[nH]c5)cc4)cc3C1(C)CCN2CC1CC1.